The Morgan fingerprint density at radius 1 is 1.15 bits per heavy atom. The van der Waals surface area contributed by atoms with Gasteiger partial charge >= 0.3 is 23.8 Å². The van der Waals surface area contributed by atoms with Gasteiger partial charge in [-0.15, -0.1) is 5.10 Å². The number of aliphatic hydroxyl groups is 1. The number of halogens is 5. The number of imidazole rings is 1. The van der Waals surface area contributed by atoms with Crippen LogP contribution in [0.25, 0.3) is 16.9 Å². The Morgan fingerprint density at radius 3 is 2.44 bits per heavy atom. The quantitative estimate of drug-likeness (QED) is 0.327. The highest BCUT2D eigenvalue weighted by Crippen LogP contribution is 2.28. The summed E-state index contributed by atoms with van der Waals surface area (Å²) in [7, 11) is 0. The van der Waals surface area contributed by atoms with Crippen molar-refractivity contribution in [2.75, 3.05) is 0 Å². The minimum Gasteiger partial charge on any atom is -0.391 e. The summed E-state index contributed by atoms with van der Waals surface area (Å²) in [5.74, 6) is -0.828. The second-order valence-electron chi connectivity index (χ2n) is 8.15. The zero-order valence-electron chi connectivity index (χ0n) is 19.9. The largest absolute Gasteiger partial charge is 0.416 e. The van der Waals surface area contributed by atoms with Crippen molar-refractivity contribution in [2.24, 2.45) is 0 Å². The minimum absolute atomic E-state index is 0.110. The molecule has 0 aliphatic rings. The molecule has 0 bridgehead atoms. The van der Waals surface area contributed by atoms with Gasteiger partial charge in [-0.2, -0.15) is 28.1 Å². The van der Waals surface area contributed by atoms with Gasteiger partial charge in [0.2, 0.25) is 0 Å². The molecule has 10 nitrogen and oxygen atoms in total. The number of carbonyl (C=O) groups excluding carboxylic acids is 1. The first-order valence-corrected chi connectivity index (χ1v) is 11.8. The van der Waals surface area contributed by atoms with E-state index in [4.69, 9.17) is 27.9 Å². The maximum absolute atomic E-state index is 13.4. The predicted octanol–water partition coefficient (Wildman–Crippen LogP) is 3.97. The Kier molecular flexibility index (Phi) is 7.82. The third-order valence-corrected chi connectivity index (χ3v) is 5.88. The molecule has 1 atom stereocenters. The number of benzene rings is 2. The zero-order valence-corrected chi connectivity index (χ0v) is 21.4. The molecule has 4 rings (SSSR count). The van der Waals surface area contributed by atoms with Gasteiger partial charge in [-0.25, -0.2) is 4.79 Å². The number of esters is 1. The molecule has 0 aliphatic heterocycles. The van der Waals surface area contributed by atoms with Gasteiger partial charge in [-0.05, 0) is 30.3 Å². The van der Waals surface area contributed by atoms with Gasteiger partial charge in [0.15, 0.2) is 11.9 Å². The molecule has 0 fully saturated rings. The molecular weight excluding hydrogens is 564 g/mol. The van der Waals surface area contributed by atoms with Gasteiger partial charge in [0.25, 0.3) is 0 Å². The number of carbonyl (C=O) groups is 1. The van der Waals surface area contributed by atoms with Crippen molar-refractivity contribution in [2.45, 2.75) is 32.3 Å². The van der Waals surface area contributed by atoms with E-state index in [0.29, 0.717) is 20.3 Å². The predicted molar refractivity (Wildman–Crippen MR) is 133 cm³/mol. The van der Waals surface area contributed by atoms with Gasteiger partial charge in [0, 0.05) is 22.5 Å². The van der Waals surface area contributed by atoms with E-state index in [1.165, 1.54) is 30.3 Å². The molecule has 2 aromatic heterocycles. The third kappa shape index (κ3) is 5.98. The molecule has 0 aliphatic carbocycles. The molecule has 2 heterocycles. The monoisotopic (exact) mass is 580 g/mol. The van der Waals surface area contributed by atoms with Crippen molar-refractivity contribution in [3.63, 3.8) is 0 Å². The fourth-order valence-electron chi connectivity index (χ4n) is 3.72. The number of alkyl halides is 3. The van der Waals surface area contributed by atoms with Crippen molar-refractivity contribution in [3.05, 3.63) is 80.6 Å². The summed E-state index contributed by atoms with van der Waals surface area (Å²) < 4.78 is 47.4. The van der Waals surface area contributed by atoms with Crippen molar-refractivity contribution in [1.82, 2.24) is 23.9 Å². The van der Waals surface area contributed by atoms with Crippen LogP contribution in [0.15, 0.2) is 53.3 Å². The molecule has 0 saturated heterocycles. The Morgan fingerprint density at radius 2 is 1.85 bits per heavy atom. The van der Waals surface area contributed by atoms with Crippen molar-refractivity contribution in [3.8, 4) is 29.0 Å². The van der Waals surface area contributed by atoms with E-state index >= 15 is 0 Å². The summed E-state index contributed by atoms with van der Waals surface area (Å²) in [5.41, 5.74) is -0.952. The van der Waals surface area contributed by atoms with Gasteiger partial charge in [0.05, 0.1) is 24.5 Å². The first kappa shape index (κ1) is 27.9. The molecule has 0 spiro atoms. The van der Waals surface area contributed by atoms with Crippen LogP contribution in [0.5, 0.6) is 6.01 Å². The van der Waals surface area contributed by atoms with Crippen LogP contribution in [0.1, 0.15) is 18.4 Å². The Labute approximate surface area is 228 Å². The van der Waals surface area contributed by atoms with E-state index in [2.05, 4.69) is 10.1 Å². The number of aromatic nitrogens is 5. The van der Waals surface area contributed by atoms with Gasteiger partial charge in [0.1, 0.15) is 11.8 Å². The average Bonchev–Trinajstić information content (AvgIpc) is 3.37. The summed E-state index contributed by atoms with van der Waals surface area (Å²) in [6.07, 6.45) is -7.92. The van der Waals surface area contributed by atoms with Crippen LogP contribution in [-0.2, 0) is 17.9 Å². The van der Waals surface area contributed by atoms with E-state index in [1.807, 2.05) is 6.07 Å². The number of aliphatic hydroxyl groups excluding tert-OH is 1. The molecule has 1 unspecified atom stereocenters. The van der Waals surface area contributed by atoms with E-state index in [1.54, 1.807) is 18.2 Å². The summed E-state index contributed by atoms with van der Waals surface area (Å²) in [6.45, 7) is -0.524. The number of hydrogen-bond donors (Lipinski definition) is 1. The van der Waals surface area contributed by atoms with Gasteiger partial charge in [-0.1, -0.05) is 41.4 Å². The van der Waals surface area contributed by atoms with Crippen LogP contribution in [0.4, 0.5) is 13.2 Å². The highest BCUT2D eigenvalue weighted by molar-refractivity contribution is 6.31. The third-order valence-electron chi connectivity index (χ3n) is 5.39. The molecule has 4 aromatic rings. The zero-order chi connectivity index (χ0) is 28.5. The van der Waals surface area contributed by atoms with Gasteiger partial charge < -0.3 is 9.84 Å². The van der Waals surface area contributed by atoms with E-state index in [-0.39, 0.29) is 28.8 Å². The van der Waals surface area contributed by atoms with E-state index in [9.17, 15) is 33.1 Å². The fourth-order valence-corrected chi connectivity index (χ4v) is 4.03. The molecule has 0 radical (unpaired) electrons. The topological polar surface area (TPSA) is 128 Å². The van der Waals surface area contributed by atoms with Crippen LogP contribution in [0, 0.1) is 11.3 Å². The number of nitrogens with zero attached hydrogens (tertiary/aromatic N) is 6. The minimum atomic E-state index is -5.03. The van der Waals surface area contributed by atoms with Gasteiger partial charge in [-0.3, -0.25) is 13.9 Å². The molecule has 0 saturated carbocycles. The number of nitriles is 1. The van der Waals surface area contributed by atoms with Crippen LogP contribution >= 0.6 is 23.2 Å². The smallest absolute Gasteiger partial charge is 0.391 e. The molecule has 1 N–H and O–H groups in total. The summed E-state index contributed by atoms with van der Waals surface area (Å²) >= 11 is 12.0. The second kappa shape index (κ2) is 10.9. The molecule has 202 valence electrons. The van der Waals surface area contributed by atoms with E-state index in [0.717, 1.165) is 16.2 Å². The van der Waals surface area contributed by atoms with Crippen molar-refractivity contribution < 1.29 is 27.8 Å². The SMILES string of the molecule is CC(=O)Oc1nc(Cn2c(C#N)c(-c3ccc(Cl)cc3)n(CC(O)C(F)(F)F)c2=O)nn1-c1cccc(Cl)c1. The van der Waals surface area contributed by atoms with Crippen LogP contribution < -0.4 is 10.4 Å². The Hall–Kier alpha value is -4.12. The lowest BCUT2D eigenvalue weighted by molar-refractivity contribution is -0.207. The molecule has 15 heteroatoms. The number of ether oxygens (including phenoxy) is 1. The lowest BCUT2D eigenvalue weighted by atomic mass is 10.1. The lowest BCUT2D eigenvalue weighted by Gasteiger charge is -2.16. The number of hydrogen-bond acceptors (Lipinski definition) is 7. The Balaban J connectivity index is 1.87. The maximum atomic E-state index is 13.4. The van der Waals surface area contributed by atoms with E-state index < -0.39 is 37.0 Å². The highest BCUT2D eigenvalue weighted by Gasteiger charge is 2.39. The lowest BCUT2D eigenvalue weighted by Crippen LogP contribution is -2.37. The normalized spacial score (nSPS) is 12.3. The second-order valence-corrected chi connectivity index (χ2v) is 9.02. The van der Waals surface area contributed by atoms with Crippen molar-refractivity contribution >= 4 is 29.2 Å². The van der Waals surface area contributed by atoms with Crippen molar-refractivity contribution in [1.29, 1.82) is 5.26 Å². The average molecular weight is 581 g/mol. The molecular formula is C24H17Cl2F3N6O4. The summed E-state index contributed by atoms with van der Waals surface area (Å²) in [4.78, 5) is 29.1. The highest BCUT2D eigenvalue weighted by atomic mass is 35.5. The first-order valence-electron chi connectivity index (χ1n) is 11.0. The van der Waals surface area contributed by atoms with Crippen LogP contribution in [0.3, 0.4) is 0 Å². The molecule has 39 heavy (non-hydrogen) atoms. The van der Waals surface area contributed by atoms with Crippen LogP contribution in [0.2, 0.25) is 10.0 Å². The van der Waals surface area contributed by atoms with Crippen LogP contribution in [-0.4, -0.2) is 47.3 Å². The summed E-state index contributed by atoms with van der Waals surface area (Å²) in [5, 5.41) is 24.6. The molecule has 2 aromatic carbocycles. The summed E-state index contributed by atoms with van der Waals surface area (Å²) in [6, 6.07) is 13.6. The fraction of sp³-hybridized carbons (Fsp3) is 0.208. The molecule has 0 amide bonds. The Bertz CT molecular complexity index is 1640. The standard InChI is InChI=1S/C24H17Cl2F3N6O4/c1-13(36)39-22-31-20(32-35(22)17-4-2-3-16(26)9-17)12-33-18(10-30)21(14-5-7-15(25)8-6-14)34(23(33)38)11-19(37)24(27,28)29/h2-9,19,37H,11-12H2,1H3. The first-order chi connectivity index (χ1) is 18.4. The number of rotatable bonds is 7. The maximum Gasteiger partial charge on any atom is 0.416 e.